The van der Waals surface area contributed by atoms with Gasteiger partial charge < -0.3 is 0 Å². The Labute approximate surface area is 65.0 Å². The van der Waals surface area contributed by atoms with E-state index >= 15 is 0 Å². The largest absolute Gasteiger partial charge is 0.333 e. The lowest BCUT2D eigenvalue weighted by molar-refractivity contribution is -0.109. The van der Waals surface area contributed by atoms with E-state index in [4.69, 9.17) is 4.55 Å². The van der Waals surface area contributed by atoms with Crippen LogP contribution < -0.4 is 0 Å². The summed E-state index contributed by atoms with van der Waals surface area (Å²) < 4.78 is 28.5. The summed E-state index contributed by atoms with van der Waals surface area (Å²) in [6, 6.07) is 0. The summed E-state index contributed by atoms with van der Waals surface area (Å²) in [5, 5.41) is -1.35. The average molecular weight is 176 g/mol. The second-order valence-electron chi connectivity index (χ2n) is 1.86. The van der Waals surface area contributed by atoms with Crippen molar-refractivity contribution in [1.82, 2.24) is 0 Å². The highest BCUT2D eigenvalue weighted by Gasteiger charge is 2.20. The van der Waals surface area contributed by atoms with Gasteiger partial charge in [0.2, 0.25) is 0 Å². The van der Waals surface area contributed by atoms with Crippen molar-refractivity contribution >= 4 is 15.2 Å². The van der Waals surface area contributed by atoms with Gasteiger partial charge in [0.1, 0.15) is 0 Å². The molecule has 0 aliphatic heterocycles. The van der Waals surface area contributed by atoms with Crippen LogP contribution in [-0.4, -0.2) is 18.1 Å². The first-order valence-electron chi connectivity index (χ1n) is 2.70. The molecule has 0 unspecified atom stereocenters. The summed E-state index contributed by atoms with van der Waals surface area (Å²) in [5.41, 5.74) is -0.192. The van der Waals surface area contributed by atoms with Crippen LogP contribution in [0.5, 0.6) is 0 Å². The third-order valence-corrected chi connectivity index (χ3v) is 1.67. The molecule has 0 bridgehead atoms. The molecule has 0 aromatic carbocycles. The number of rotatable bonds is 3. The van der Waals surface area contributed by atoms with E-state index in [1.165, 1.54) is 6.08 Å². The first kappa shape index (κ1) is 10.1. The maximum absolute atomic E-state index is 10.6. The molecule has 4 nitrogen and oxygen atoms in total. The molecule has 0 amide bonds. The maximum atomic E-state index is 10.6. The third-order valence-electron chi connectivity index (χ3n) is 0.914. The van der Waals surface area contributed by atoms with Crippen LogP contribution in [0.1, 0.15) is 6.42 Å². The molecule has 5 heteroatoms. The van der Waals surface area contributed by atoms with Crippen molar-refractivity contribution in [3.8, 4) is 0 Å². The van der Waals surface area contributed by atoms with Crippen molar-refractivity contribution in [3.05, 3.63) is 24.8 Å². The monoisotopic (exact) mass is 176 g/mol. The van der Waals surface area contributed by atoms with Gasteiger partial charge in [-0.3, -0.25) is 9.35 Å². The minimum absolute atomic E-state index is 0.0542. The van der Waals surface area contributed by atoms with Crippen LogP contribution in [0, 0.1) is 0 Å². The number of carbonyl (C=O) groups is 1. The highest BCUT2D eigenvalue weighted by Crippen LogP contribution is 2.03. The fourth-order valence-corrected chi connectivity index (χ4v) is 0.888. The molecule has 0 radical (unpaired) electrons. The van der Waals surface area contributed by atoms with Crippen LogP contribution in [0.25, 0.3) is 0 Å². The molecule has 0 heterocycles. The molecule has 0 aromatic rings. The highest BCUT2D eigenvalue weighted by molar-refractivity contribution is 8.01. The normalized spacial score (nSPS) is 10.6. The number of allylic oxidation sites excluding steroid dienone is 1. The summed E-state index contributed by atoms with van der Waals surface area (Å²) >= 11 is 0. The molecule has 0 aliphatic carbocycles. The minimum Gasteiger partial charge on any atom is -0.279 e. The Bertz CT molecular complexity index is 286. The van der Waals surface area contributed by atoms with Gasteiger partial charge in [-0.15, -0.1) is 6.58 Å². The van der Waals surface area contributed by atoms with Crippen molar-refractivity contribution < 1.29 is 17.8 Å². The lowest BCUT2D eigenvalue weighted by atomic mass is 10.2. The molecule has 62 valence electrons. The molecular weight excluding hydrogens is 168 g/mol. The zero-order valence-electron chi connectivity index (χ0n) is 5.78. The van der Waals surface area contributed by atoms with Crippen LogP contribution in [0.15, 0.2) is 24.8 Å². The highest BCUT2D eigenvalue weighted by atomic mass is 32.2. The summed E-state index contributed by atoms with van der Waals surface area (Å²) in [5.74, 6) is 0. The predicted molar refractivity (Wildman–Crippen MR) is 40.5 cm³/mol. The Hall–Kier alpha value is -0.940. The maximum Gasteiger partial charge on any atom is 0.333 e. The van der Waals surface area contributed by atoms with Gasteiger partial charge in [-0.05, 0) is 6.42 Å². The quantitative estimate of drug-likeness (QED) is 0.387. The van der Waals surface area contributed by atoms with Crippen molar-refractivity contribution in [1.29, 1.82) is 0 Å². The van der Waals surface area contributed by atoms with Gasteiger partial charge in [0, 0.05) is 5.57 Å². The SMILES string of the molecule is C=CCC(=C)C(=O)S(=O)(=O)O. The second kappa shape index (κ2) is 3.45. The van der Waals surface area contributed by atoms with Gasteiger partial charge in [-0.2, -0.15) is 8.42 Å². The van der Waals surface area contributed by atoms with E-state index in [9.17, 15) is 13.2 Å². The molecule has 0 saturated heterocycles. The van der Waals surface area contributed by atoms with E-state index in [1.807, 2.05) is 0 Å². The van der Waals surface area contributed by atoms with Crippen molar-refractivity contribution in [2.45, 2.75) is 6.42 Å². The van der Waals surface area contributed by atoms with E-state index < -0.39 is 15.2 Å². The standard InChI is InChI=1S/C6H8O4S/c1-3-4-5(2)6(7)11(8,9)10/h3H,1-2,4H2,(H,8,9,10). The number of hydrogen-bond donors (Lipinski definition) is 1. The third kappa shape index (κ3) is 3.10. The Kier molecular flexibility index (Phi) is 3.16. The Morgan fingerprint density at radius 3 is 2.27 bits per heavy atom. The zero-order chi connectivity index (χ0) is 9.07. The van der Waals surface area contributed by atoms with Crippen LogP contribution in [0.2, 0.25) is 0 Å². The van der Waals surface area contributed by atoms with Gasteiger partial charge in [0.15, 0.2) is 0 Å². The molecule has 0 rings (SSSR count). The summed E-state index contributed by atoms with van der Waals surface area (Å²) in [6.07, 6.45) is 1.38. The molecule has 0 fully saturated rings. The van der Waals surface area contributed by atoms with Gasteiger partial charge in [-0.25, -0.2) is 0 Å². The first-order valence-corrected chi connectivity index (χ1v) is 4.14. The van der Waals surface area contributed by atoms with Gasteiger partial charge in [-0.1, -0.05) is 12.7 Å². The van der Waals surface area contributed by atoms with Gasteiger partial charge >= 0.3 is 10.1 Å². The number of carbonyl (C=O) groups excluding carboxylic acids is 1. The molecule has 0 aliphatic rings. The Balaban J connectivity index is 4.53. The van der Waals surface area contributed by atoms with Crippen LogP contribution in [0.4, 0.5) is 0 Å². The molecule has 0 atom stereocenters. The molecule has 11 heavy (non-hydrogen) atoms. The predicted octanol–water partition coefficient (Wildman–Crippen LogP) is 0.533. The summed E-state index contributed by atoms with van der Waals surface area (Å²) in [4.78, 5) is 10.6. The van der Waals surface area contributed by atoms with Gasteiger partial charge in [0.25, 0.3) is 5.12 Å². The average Bonchev–Trinajstić information content (AvgIpc) is 1.85. The molecule has 1 N–H and O–H groups in total. The first-order chi connectivity index (χ1) is 4.89. The Morgan fingerprint density at radius 1 is 1.55 bits per heavy atom. The lowest BCUT2D eigenvalue weighted by Crippen LogP contribution is -2.14. The van der Waals surface area contributed by atoms with E-state index in [1.54, 1.807) is 0 Å². The Morgan fingerprint density at radius 2 is 2.00 bits per heavy atom. The topological polar surface area (TPSA) is 71.4 Å². The summed E-state index contributed by atoms with van der Waals surface area (Å²) in [6.45, 7) is 6.43. The van der Waals surface area contributed by atoms with Gasteiger partial charge in [0.05, 0.1) is 0 Å². The molecule has 0 spiro atoms. The fourth-order valence-electron chi connectivity index (χ4n) is 0.440. The van der Waals surface area contributed by atoms with Crippen LogP contribution in [0.3, 0.4) is 0 Å². The molecule has 0 saturated carbocycles. The van der Waals surface area contributed by atoms with E-state index in [0.29, 0.717) is 0 Å². The second-order valence-corrected chi connectivity index (χ2v) is 3.18. The summed E-state index contributed by atoms with van der Waals surface area (Å²) in [7, 11) is -4.61. The van der Waals surface area contributed by atoms with Crippen LogP contribution in [-0.2, 0) is 14.9 Å². The van der Waals surface area contributed by atoms with E-state index in [0.717, 1.165) is 0 Å². The van der Waals surface area contributed by atoms with Crippen molar-refractivity contribution in [2.24, 2.45) is 0 Å². The van der Waals surface area contributed by atoms with Crippen molar-refractivity contribution in [3.63, 3.8) is 0 Å². The van der Waals surface area contributed by atoms with E-state index in [-0.39, 0.29) is 12.0 Å². The number of hydrogen-bond acceptors (Lipinski definition) is 3. The van der Waals surface area contributed by atoms with E-state index in [2.05, 4.69) is 13.2 Å². The molecular formula is C6H8O4S. The van der Waals surface area contributed by atoms with Crippen LogP contribution >= 0.6 is 0 Å². The molecule has 0 aromatic heterocycles. The lowest BCUT2D eigenvalue weighted by Gasteiger charge is -1.95. The fraction of sp³-hybridized carbons (Fsp3) is 0.167. The zero-order valence-corrected chi connectivity index (χ0v) is 6.60. The minimum atomic E-state index is -4.61. The smallest absolute Gasteiger partial charge is 0.279 e. The van der Waals surface area contributed by atoms with Crippen molar-refractivity contribution in [2.75, 3.05) is 0 Å².